The number of nitrogens with zero attached hydrogens (tertiary/aromatic N) is 1. The summed E-state index contributed by atoms with van der Waals surface area (Å²) in [6.07, 6.45) is 4.98. The van der Waals surface area contributed by atoms with E-state index in [1.165, 1.54) is 6.08 Å². The fourth-order valence-electron chi connectivity index (χ4n) is 2.10. The highest BCUT2D eigenvalue weighted by molar-refractivity contribution is 6.42. The maximum atomic E-state index is 12.1. The fraction of sp³-hybridized carbons (Fsp3) is 0. The van der Waals surface area contributed by atoms with Crippen LogP contribution in [0.5, 0.6) is 0 Å². The van der Waals surface area contributed by atoms with Crippen LogP contribution in [0, 0.1) is 0 Å². The molecule has 2 aromatic carbocycles. The van der Waals surface area contributed by atoms with Crippen LogP contribution in [0.25, 0.3) is 17.0 Å². The molecule has 1 aromatic heterocycles. The van der Waals surface area contributed by atoms with Gasteiger partial charge < -0.3 is 0 Å². The SMILES string of the molecule is O=C(C=Cc1cnc2ccccc2c1)c1ccc(Cl)c(Cl)c1. The van der Waals surface area contributed by atoms with Gasteiger partial charge in [0.25, 0.3) is 0 Å². The van der Waals surface area contributed by atoms with E-state index in [4.69, 9.17) is 23.2 Å². The lowest BCUT2D eigenvalue weighted by molar-refractivity contribution is 0.104. The number of fused-ring (bicyclic) bond motifs is 1. The second-order valence-electron chi connectivity index (χ2n) is 4.79. The second-order valence-corrected chi connectivity index (χ2v) is 5.60. The molecule has 4 heteroatoms. The topological polar surface area (TPSA) is 30.0 Å². The van der Waals surface area contributed by atoms with Crippen molar-refractivity contribution in [2.24, 2.45) is 0 Å². The number of hydrogen-bond acceptors (Lipinski definition) is 2. The summed E-state index contributed by atoms with van der Waals surface area (Å²) in [6.45, 7) is 0. The third kappa shape index (κ3) is 3.19. The highest BCUT2D eigenvalue weighted by Gasteiger charge is 2.05. The largest absolute Gasteiger partial charge is 0.289 e. The van der Waals surface area contributed by atoms with E-state index in [0.717, 1.165) is 16.5 Å². The number of hydrogen-bond donors (Lipinski definition) is 0. The normalized spacial score (nSPS) is 11.2. The lowest BCUT2D eigenvalue weighted by Crippen LogP contribution is -1.94. The van der Waals surface area contributed by atoms with Crippen LogP contribution in [-0.2, 0) is 0 Å². The van der Waals surface area contributed by atoms with Crippen LogP contribution in [0.15, 0.2) is 60.8 Å². The van der Waals surface area contributed by atoms with Gasteiger partial charge >= 0.3 is 0 Å². The number of pyridine rings is 1. The molecule has 0 fully saturated rings. The summed E-state index contributed by atoms with van der Waals surface area (Å²) >= 11 is 11.8. The highest BCUT2D eigenvalue weighted by Crippen LogP contribution is 2.23. The van der Waals surface area contributed by atoms with Crippen molar-refractivity contribution in [2.75, 3.05) is 0 Å². The molecule has 1 heterocycles. The van der Waals surface area contributed by atoms with Gasteiger partial charge in [-0.3, -0.25) is 9.78 Å². The number of rotatable bonds is 3. The molecular formula is C18H11Cl2NO. The molecule has 0 aliphatic rings. The van der Waals surface area contributed by atoms with Crippen molar-refractivity contribution in [1.29, 1.82) is 0 Å². The molecule has 0 aliphatic heterocycles. The van der Waals surface area contributed by atoms with E-state index >= 15 is 0 Å². The Bertz CT molecular complexity index is 887. The molecule has 0 radical (unpaired) electrons. The molecule has 3 rings (SSSR count). The zero-order valence-corrected chi connectivity index (χ0v) is 13.0. The van der Waals surface area contributed by atoms with Gasteiger partial charge in [-0.1, -0.05) is 41.4 Å². The van der Waals surface area contributed by atoms with E-state index in [1.807, 2.05) is 30.3 Å². The molecule has 0 saturated heterocycles. The molecule has 0 N–H and O–H groups in total. The van der Waals surface area contributed by atoms with Crippen LogP contribution in [0.1, 0.15) is 15.9 Å². The van der Waals surface area contributed by atoms with Crippen molar-refractivity contribution in [3.05, 3.63) is 82.0 Å². The second kappa shape index (κ2) is 6.30. The predicted molar refractivity (Wildman–Crippen MR) is 91.6 cm³/mol. The maximum absolute atomic E-state index is 12.1. The lowest BCUT2D eigenvalue weighted by atomic mass is 10.1. The first kappa shape index (κ1) is 14.8. The standard InChI is InChI=1S/C18H11Cl2NO/c19-15-7-6-14(10-16(15)20)18(22)8-5-12-9-13-3-1-2-4-17(13)21-11-12/h1-11H. The third-order valence-electron chi connectivity index (χ3n) is 3.24. The van der Waals surface area contributed by atoms with E-state index in [2.05, 4.69) is 4.98 Å². The number of ketones is 1. The van der Waals surface area contributed by atoms with Crippen molar-refractivity contribution in [3.63, 3.8) is 0 Å². The van der Waals surface area contributed by atoms with Gasteiger partial charge in [0, 0.05) is 17.1 Å². The Morgan fingerprint density at radius 3 is 2.64 bits per heavy atom. The summed E-state index contributed by atoms with van der Waals surface area (Å²) in [6, 6.07) is 14.7. The van der Waals surface area contributed by atoms with Gasteiger partial charge in [-0.25, -0.2) is 0 Å². The molecule has 22 heavy (non-hydrogen) atoms. The first-order chi connectivity index (χ1) is 10.6. The molecule has 0 saturated carbocycles. The summed E-state index contributed by atoms with van der Waals surface area (Å²) in [5, 5.41) is 1.83. The first-order valence-electron chi connectivity index (χ1n) is 6.66. The zero-order valence-electron chi connectivity index (χ0n) is 11.5. The van der Waals surface area contributed by atoms with Crippen molar-refractivity contribution in [1.82, 2.24) is 4.98 Å². The Balaban J connectivity index is 1.85. The summed E-state index contributed by atoms with van der Waals surface area (Å²) in [5.74, 6) is -0.133. The Morgan fingerprint density at radius 1 is 1.00 bits per heavy atom. The van der Waals surface area contributed by atoms with Gasteiger partial charge in [0.05, 0.1) is 15.6 Å². The van der Waals surface area contributed by atoms with Gasteiger partial charge in [-0.15, -0.1) is 0 Å². The molecule has 2 nitrogen and oxygen atoms in total. The maximum Gasteiger partial charge on any atom is 0.185 e. The number of aromatic nitrogens is 1. The van der Waals surface area contributed by atoms with E-state index in [1.54, 1.807) is 30.5 Å². The average Bonchev–Trinajstić information content (AvgIpc) is 2.55. The Morgan fingerprint density at radius 2 is 1.82 bits per heavy atom. The molecule has 0 aliphatic carbocycles. The highest BCUT2D eigenvalue weighted by atomic mass is 35.5. The minimum absolute atomic E-state index is 0.133. The zero-order chi connectivity index (χ0) is 15.5. The predicted octanol–water partition coefficient (Wildman–Crippen LogP) is 5.44. The number of benzene rings is 2. The summed E-state index contributed by atoms with van der Waals surface area (Å²) in [4.78, 5) is 16.5. The molecule has 0 spiro atoms. The fourth-order valence-corrected chi connectivity index (χ4v) is 2.39. The Hall–Kier alpha value is -2.16. The third-order valence-corrected chi connectivity index (χ3v) is 3.98. The van der Waals surface area contributed by atoms with Gasteiger partial charge in [0.1, 0.15) is 0 Å². The smallest absolute Gasteiger partial charge is 0.185 e. The van der Waals surface area contributed by atoms with Crippen molar-refractivity contribution in [2.45, 2.75) is 0 Å². The monoisotopic (exact) mass is 327 g/mol. The molecule has 0 amide bonds. The molecule has 3 aromatic rings. The molecule has 0 bridgehead atoms. The van der Waals surface area contributed by atoms with Gasteiger partial charge in [-0.05, 0) is 48.0 Å². The molecule has 0 unspecified atom stereocenters. The number of para-hydroxylation sites is 1. The Labute approximate surface area is 138 Å². The minimum Gasteiger partial charge on any atom is -0.289 e. The van der Waals surface area contributed by atoms with Crippen LogP contribution in [0.3, 0.4) is 0 Å². The first-order valence-corrected chi connectivity index (χ1v) is 7.41. The number of carbonyl (C=O) groups excluding carboxylic acids is 1. The minimum atomic E-state index is -0.133. The van der Waals surface area contributed by atoms with E-state index in [9.17, 15) is 4.79 Å². The number of allylic oxidation sites excluding steroid dienone is 1. The van der Waals surface area contributed by atoms with E-state index < -0.39 is 0 Å². The number of halogens is 2. The van der Waals surface area contributed by atoms with Crippen LogP contribution < -0.4 is 0 Å². The van der Waals surface area contributed by atoms with Crippen molar-refractivity contribution >= 4 is 46.0 Å². The van der Waals surface area contributed by atoms with Gasteiger partial charge in [0.2, 0.25) is 0 Å². The van der Waals surface area contributed by atoms with Gasteiger partial charge in [0.15, 0.2) is 5.78 Å². The summed E-state index contributed by atoms with van der Waals surface area (Å²) in [5.41, 5.74) is 2.29. The summed E-state index contributed by atoms with van der Waals surface area (Å²) in [7, 11) is 0. The molecular weight excluding hydrogens is 317 g/mol. The number of carbonyl (C=O) groups is 1. The van der Waals surface area contributed by atoms with Crippen LogP contribution >= 0.6 is 23.2 Å². The van der Waals surface area contributed by atoms with Crippen molar-refractivity contribution < 1.29 is 4.79 Å². The van der Waals surface area contributed by atoms with Gasteiger partial charge in [-0.2, -0.15) is 0 Å². The van der Waals surface area contributed by atoms with Crippen LogP contribution in [-0.4, -0.2) is 10.8 Å². The summed E-state index contributed by atoms with van der Waals surface area (Å²) < 4.78 is 0. The van der Waals surface area contributed by atoms with E-state index in [-0.39, 0.29) is 5.78 Å². The average molecular weight is 328 g/mol. The molecule has 108 valence electrons. The lowest BCUT2D eigenvalue weighted by Gasteiger charge is -2.00. The molecule has 0 atom stereocenters. The van der Waals surface area contributed by atoms with Crippen LogP contribution in [0.2, 0.25) is 10.0 Å². The Kier molecular flexibility index (Phi) is 4.23. The van der Waals surface area contributed by atoms with E-state index in [0.29, 0.717) is 15.6 Å². The quantitative estimate of drug-likeness (QED) is 0.473. The van der Waals surface area contributed by atoms with Crippen molar-refractivity contribution in [3.8, 4) is 0 Å². The van der Waals surface area contributed by atoms with Crippen LogP contribution in [0.4, 0.5) is 0 Å².